The first kappa shape index (κ1) is 15.8. The molecule has 5 nitrogen and oxygen atoms in total. The number of ether oxygens (including phenoxy) is 1. The Hall–Kier alpha value is -1.72. The molecule has 2 saturated heterocycles. The summed E-state index contributed by atoms with van der Waals surface area (Å²) in [7, 11) is 0. The standard InChI is InChI=1S/C19H25N3O2/c1-13(2)19-20-6-3-16(21-19)17-9-15-4-7-22(11-18(15)24-17)10-14-5-8-23-12-14/h3,5-6,8,12-13,15,17-18H,4,7,9-11H2,1-2H3/t15-,17-,18+/m0/s1. The van der Waals surface area contributed by atoms with Crippen molar-refractivity contribution in [2.45, 2.75) is 51.4 Å². The SMILES string of the molecule is CC(C)c1nccc([C@@H]2C[C@@H]3CCN(Cc4ccoc4)C[C@H]3O2)n1. The number of nitrogens with zero attached hydrogens (tertiary/aromatic N) is 3. The van der Waals surface area contributed by atoms with Gasteiger partial charge in [0.05, 0.1) is 24.3 Å². The van der Waals surface area contributed by atoms with Gasteiger partial charge in [-0.1, -0.05) is 13.8 Å². The molecule has 3 atom stereocenters. The molecular weight excluding hydrogens is 302 g/mol. The van der Waals surface area contributed by atoms with Crippen LogP contribution in [0.2, 0.25) is 0 Å². The van der Waals surface area contributed by atoms with Gasteiger partial charge in [0.25, 0.3) is 0 Å². The van der Waals surface area contributed by atoms with Crippen molar-refractivity contribution in [1.82, 2.24) is 14.9 Å². The minimum absolute atomic E-state index is 0.120. The highest BCUT2D eigenvalue weighted by molar-refractivity contribution is 5.11. The molecule has 0 bridgehead atoms. The molecule has 128 valence electrons. The Morgan fingerprint density at radius 2 is 2.25 bits per heavy atom. The van der Waals surface area contributed by atoms with Crippen LogP contribution < -0.4 is 0 Å². The van der Waals surface area contributed by atoms with Gasteiger partial charge in [0.1, 0.15) is 11.9 Å². The van der Waals surface area contributed by atoms with E-state index in [1.807, 2.05) is 24.6 Å². The molecule has 2 aromatic rings. The molecule has 0 radical (unpaired) electrons. The maximum Gasteiger partial charge on any atom is 0.131 e. The molecule has 5 heteroatoms. The highest BCUT2D eigenvalue weighted by Crippen LogP contribution is 2.40. The lowest BCUT2D eigenvalue weighted by molar-refractivity contribution is -0.0107. The molecule has 2 aliphatic rings. The number of hydrogen-bond donors (Lipinski definition) is 0. The average molecular weight is 327 g/mol. The maximum atomic E-state index is 6.38. The predicted octanol–water partition coefficient (Wildman–Crippen LogP) is 3.55. The van der Waals surface area contributed by atoms with E-state index in [0.29, 0.717) is 17.9 Å². The van der Waals surface area contributed by atoms with Crippen molar-refractivity contribution in [2.24, 2.45) is 5.92 Å². The van der Waals surface area contributed by atoms with Gasteiger partial charge in [0, 0.05) is 30.8 Å². The fourth-order valence-corrected chi connectivity index (χ4v) is 3.82. The van der Waals surface area contributed by atoms with Crippen molar-refractivity contribution in [3.63, 3.8) is 0 Å². The molecule has 24 heavy (non-hydrogen) atoms. The monoisotopic (exact) mass is 327 g/mol. The number of furan rings is 1. The van der Waals surface area contributed by atoms with E-state index in [0.717, 1.165) is 37.6 Å². The largest absolute Gasteiger partial charge is 0.472 e. The summed E-state index contributed by atoms with van der Waals surface area (Å²) < 4.78 is 11.6. The minimum Gasteiger partial charge on any atom is -0.472 e. The zero-order valence-corrected chi connectivity index (χ0v) is 14.4. The summed E-state index contributed by atoms with van der Waals surface area (Å²) in [5.74, 6) is 1.90. The molecule has 2 fully saturated rings. The van der Waals surface area contributed by atoms with Gasteiger partial charge in [-0.2, -0.15) is 0 Å². The van der Waals surface area contributed by atoms with Gasteiger partial charge in [0.15, 0.2) is 0 Å². The second-order valence-corrected chi connectivity index (χ2v) is 7.31. The Labute approximate surface area is 143 Å². The molecule has 2 aromatic heterocycles. The molecule has 4 rings (SSSR count). The Morgan fingerprint density at radius 3 is 3.04 bits per heavy atom. The molecule has 0 aromatic carbocycles. The first-order valence-electron chi connectivity index (χ1n) is 8.91. The van der Waals surface area contributed by atoms with Crippen LogP contribution in [-0.4, -0.2) is 34.1 Å². The number of piperidine rings is 1. The lowest BCUT2D eigenvalue weighted by atomic mass is 9.91. The van der Waals surface area contributed by atoms with Crippen LogP contribution in [-0.2, 0) is 11.3 Å². The zero-order chi connectivity index (χ0) is 16.5. The third-order valence-electron chi connectivity index (χ3n) is 5.16. The number of fused-ring (bicyclic) bond motifs is 1. The van der Waals surface area contributed by atoms with E-state index < -0.39 is 0 Å². The molecule has 0 unspecified atom stereocenters. The minimum atomic E-state index is 0.120. The first-order chi connectivity index (χ1) is 11.7. The average Bonchev–Trinajstić information content (AvgIpc) is 3.24. The van der Waals surface area contributed by atoms with Gasteiger partial charge in [-0.25, -0.2) is 9.97 Å². The predicted molar refractivity (Wildman–Crippen MR) is 90.4 cm³/mol. The van der Waals surface area contributed by atoms with Gasteiger partial charge in [0.2, 0.25) is 0 Å². The molecule has 0 amide bonds. The van der Waals surface area contributed by atoms with E-state index in [1.165, 1.54) is 12.0 Å². The number of rotatable bonds is 4. The Kier molecular flexibility index (Phi) is 4.37. The molecule has 0 spiro atoms. The van der Waals surface area contributed by atoms with Crippen molar-refractivity contribution >= 4 is 0 Å². The molecule has 0 N–H and O–H groups in total. The van der Waals surface area contributed by atoms with Crippen LogP contribution in [0.4, 0.5) is 0 Å². The summed E-state index contributed by atoms with van der Waals surface area (Å²) in [5, 5.41) is 0. The highest BCUT2D eigenvalue weighted by atomic mass is 16.5. The van der Waals surface area contributed by atoms with Crippen molar-refractivity contribution in [1.29, 1.82) is 0 Å². The van der Waals surface area contributed by atoms with Gasteiger partial charge in [-0.3, -0.25) is 4.90 Å². The Balaban J connectivity index is 1.41. The van der Waals surface area contributed by atoms with Crippen LogP contribution >= 0.6 is 0 Å². The lowest BCUT2D eigenvalue weighted by Gasteiger charge is -2.33. The second-order valence-electron chi connectivity index (χ2n) is 7.31. The number of hydrogen-bond acceptors (Lipinski definition) is 5. The highest BCUT2D eigenvalue weighted by Gasteiger charge is 2.40. The smallest absolute Gasteiger partial charge is 0.131 e. The summed E-state index contributed by atoms with van der Waals surface area (Å²) in [6, 6.07) is 4.05. The van der Waals surface area contributed by atoms with E-state index in [2.05, 4.69) is 23.7 Å². The molecule has 0 saturated carbocycles. The summed E-state index contributed by atoms with van der Waals surface area (Å²) >= 11 is 0. The van der Waals surface area contributed by atoms with E-state index in [-0.39, 0.29) is 6.10 Å². The van der Waals surface area contributed by atoms with Crippen LogP contribution in [0.15, 0.2) is 35.3 Å². The van der Waals surface area contributed by atoms with Crippen LogP contribution in [0.25, 0.3) is 0 Å². The van der Waals surface area contributed by atoms with E-state index >= 15 is 0 Å². The van der Waals surface area contributed by atoms with E-state index in [4.69, 9.17) is 14.1 Å². The number of likely N-dealkylation sites (tertiary alicyclic amines) is 1. The van der Waals surface area contributed by atoms with Crippen LogP contribution in [0.1, 0.15) is 55.8 Å². The molecule has 4 heterocycles. The topological polar surface area (TPSA) is 51.4 Å². The summed E-state index contributed by atoms with van der Waals surface area (Å²) in [6.45, 7) is 7.32. The summed E-state index contributed by atoms with van der Waals surface area (Å²) in [6.07, 6.45) is 8.15. The van der Waals surface area contributed by atoms with Crippen molar-refractivity contribution < 1.29 is 9.15 Å². The quantitative estimate of drug-likeness (QED) is 0.859. The van der Waals surface area contributed by atoms with Crippen LogP contribution in [0.3, 0.4) is 0 Å². The third-order valence-corrected chi connectivity index (χ3v) is 5.16. The van der Waals surface area contributed by atoms with Crippen molar-refractivity contribution in [3.8, 4) is 0 Å². The Morgan fingerprint density at radius 1 is 1.33 bits per heavy atom. The molecule has 2 aliphatic heterocycles. The first-order valence-corrected chi connectivity index (χ1v) is 8.91. The molecule has 0 aliphatic carbocycles. The molecular formula is C19H25N3O2. The van der Waals surface area contributed by atoms with Gasteiger partial charge < -0.3 is 9.15 Å². The van der Waals surface area contributed by atoms with Crippen molar-refractivity contribution in [3.05, 3.63) is 47.9 Å². The van der Waals surface area contributed by atoms with Crippen LogP contribution in [0.5, 0.6) is 0 Å². The summed E-state index contributed by atoms with van der Waals surface area (Å²) in [5.41, 5.74) is 2.28. The zero-order valence-electron chi connectivity index (χ0n) is 14.4. The van der Waals surface area contributed by atoms with Crippen LogP contribution in [0, 0.1) is 5.92 Å². The fraction of sp³-hybridized carbons (Fsp3) is 0.579. The van der Waals surface area contributed by atoms with E-state index in [1.54, 1.807) is 6.26 Å². The third kappa shape index (κ3) is 3.23. The number of aromatic nitrogens is 2. The van der Waals surface area contributed by atoms with E-state index in [9.17, 15) is 0 Å². The summed E-state index contributed by atoms with van der Waals surface area (Å²) in [4.78, 5) is 11.6. The lowest BCUT2D eigenvalue weighted by Crippen LogP contribution is -2.41. The van der Waals surface area contributed by atoms with Gasteiger partial charge >= 0.3 is 0 Å². The maximum absolute atomic E-state index is 6.38. The Bertz CT molecular complexity index is 671. The fourth-order valence-electron chi connectivity index (χ4n) is 3.82. The normalized spacial score (nSPS) is 27.5. The van der Waals surface area contributed by atoms with Crippen molar-refractivity contribution in [2.75, 3.05) is 13.1 Å². The van der Waals surface area contributed by atoms with Gasteiger partial charge in [-0.05, 0) is 37.4 Å². The second kappa shape index (κ2) is 6.65. The van der Waals surface area contributed by atoms with Gasteiger partial charge in [-0.15, -0.1) is 0 Å².